The molecule has 6 nitrogen and oxygen atoms in total. The van der Waals surface area contributed by atoms with E-state index in [9.17, 15) is 0 Å². The number of likely N-dealkylation sites (N-methyl/N-ethyl adjacent to an activating group) is 1. The normalized spacial score (nSPS) is 18.5. The Morgan fingerprint density at radius 2 is 2.09 bits per heavy atom. The molecule has 126 valence electrons. The molecule has 23 heavy (non-hydrogen) atoms. The number of halogens is 3. The molecule has 1 N–H and O–H groups in total. The fraction of sp³-hybridized carbons (Fsp3) is 0.429. The Kier molecular flexibility index (Phi) is 6.50. The van der Waals surface area contributed by atoms with Crippen molar-refractivity contribution in [1.82, 2.24) is 20.4 Å². The van der Waals surface area contributed by atoms with E-state index in [1.54, 1.807) is 18.2 Å². The van der Waals surface area contributed by atoms with Crippen LogP contribution in [0.4, 0.5) is 0 Å². The summed E-state index contributed by atoms with van der Waals surface area (Å²) in [4.78, 5) is 6.59. The van der Waals surface area contributed by atoms with Gasteiger partial charge in [-0.15, -0.1) is 12.4 Å². The maximum Gasteiger partial charge on any atom is 0.264 e. The maximum atomic E-state index is 5.93. The van der Waals surface area contributed by atoms with Gasteiger partial charge < -0.3 is 14.6 Å². The summed E-state index contributed by atoms with van der Waals surface area (Å²) in [6.07, 6.45) is 0. The molecule has 0 aliphatic carbocycles. The second kappa shape index (κ2) is 8.17. The molecule has 0 amide bonds. The van der Waals surface area contributed by atoms with Crippen molar-refractivity contribution in [3.05, 3.63) is 40.0 Å². The van der Waals surface area contributed by atoms with Gasteiger partial charge in [-0.3, -0.25) is 4.90 Å². The minimum atomic E-state index is 0. The molecule has 1 unspecified atom stereocenters. The van der Waals surface area contributed by atoms with Crippen LogP contribution in [0.2, 0.25) is 10.0 Å². The topological polar surface area (TPSA) is 63.4 Å². The van der Waals surface area contributed by atoms with Crippen molar-refractivity contribution in [3.8, 4) is 5.75 Å². The molecule has 0 saturated carbocycles. The highest BCUT2D eigenvalue weighted by molar-refractivity contribution is 6.34. The fourth-order valence-corrected chi connectivity index (χ4v) is 2.82. The van der Waals surface area contributed by atoms with Crippen molar-refractivity contribution in [2.75, 3.05) is 26.7 Å². The van der Waals surface area contributed by atoms with Crippen LogP contribution in [0.1, 0.15) is 17.8 Å². The minimum absolute atomic E-state index is 0. The summed E-state index contributed by atoms with van der Waals surface area (Å²) >= 11 is 11.9. The van der Waals surface area contributed by atoms with E-state index in [2.05, 4.69) is 20.4 Å². The van der Waals surface area contributed by atoms with Crippen LogP contribution in [0.3, 0.4) is 0 Å². The molecule has 3 rings (SSSR count). The number of hydrogen-bond donors (Lipinski definition) is 1. The lowest BCUT2D eigenvalue weighted by Gasteiger charge is -2.30. The van der Waals surface area contributed by atoms with Gasteiger partial charge >= 0.3 is 0 Å². The smallest absolute Gasteiger partial charge is 0.264 e. The Hall–Kier alpha value is -1.05. The molecule has 2 heterocycles. The first-order chi connectivity index (χ1) is 10.6. The second-order valence-corrected chi connectivity index (χ2v) is 6.01. The number of benzene rings is 1. The predicted octanol–water partition coefficient (Wildman–Crippen LogP) is 2.95. The van der Waals surface area contributed by atoms with Gasteiger partial charge in [-0.2, -0.15) is 4.98 Å². The van der Waals surface area contributed by atoms with Crippen molar-refractivity contribution in [1.29, 1.82) is 0 Å². The van der Waals surface area contributed by atoms with E-state index in [-0.39, 0.29) is 25.1 Å². The molecule has 1 aromatic heterocycles. The van der Waals surface area contributed by atoms with Crippen LogP contribution in [-0.4, -0.2) is 41.7 Å². The minimum Gasteiger partial charge on any atom is -0.484 e. The van der Waals surface area contributed by atoms with E-state index in [0.717, 1.165) is 19.6 Å². The average molecular weight is 380 g/mol. The van der Waals surface area contributed by atoms with Gasteiger partial charge in [-0.1, -0.05) is 28.4 Å². The molecule has 1 saturated heterocycles. The number of nitrogens with zero attached hydrogens (tertiary/aromatic N) is 3. The molecule has 0 spiro atoms. The standard InChI is InChI=1S/C14H16Cl2N4O2.ClH/c1-20-3-2-17-7-12(20)14-18-13(22-19-14)8-21-11-5-9(15)4-10(16)6-11;/h4-6,12,17H,2-3,7-8H2,1H3;1H. The number of hydrogen-bond acceptors (Lipinski definition) is 6. The van der Waals surface area contributed by atoms with Crippen LogP contribution < -0.4 is 10.1 Å². The monoisotopic (exact) mass is 378 g/mol. The third kappa shape index (κ3) is 4.71. The van der Waals surface area contributed by atoms with E-state index in [1.807, 2.05) is 7.05 Å². The molecular weight excluding hydrogens is 363 g/mol. The molecule has 1 aliphatic heterocycles. The Morgan fingerprint density at radius 3 is 2.78 bits per heavy atom. The summed E-state index contributed by atoms with van der Waals surface area (Å²) in [5.74, 6) is 1.65. The highest BCUT2D eigenvalue weighted by Crippen LogP contribution is 2.25. The summed E-state index contributed by atoms with van der Waals surface area (Å²) < 4.78 is 10.8. The first-order valence-corrected chi connectivity index (χ1v) is 7.70. The van der Waals surface area contributed by atoms with Gasteiger partial charge in [0, 0.05) is 29.7 Å². The molecule has 1 fully saturated rings. The zero-order valence-corrected chi connectivity index (χ0v) is 14.8. The number of piperazine rings is 1. The van der Waals surface area contributed by atoms with Gasteiger partial charge in [-0.25, -0.2) is 0 Å². The van der Waals surface area contributed by atoms with Gasteiger partial charge in [-0.05, 0) is 25.2 Å². The van der Waals surface area contributed by atoms with Gasteiger partial charge in [0.15, 0.2) is 12.4 Å². The van der Waals surface area contributed by atoms with E-state index in [4.69, 9.17) is 32.5 Å². The summed E-state index contributed by atoms with van der Waals surface area (Å²) in [6, 6.07) is 5.13. The van der Waals surface area contributed by atoms with Crippen LogP contribution in [0, 0.1) is 0 Å². The Labute approximate surface area is 150 Å². The summed E-state index contributed by atoms with van der Waals surface area (Å²) in [7, 11) is 2.05. The van der Waals surface area contributed by atoms with Crippen LogP contribution >= 0.6 is 35.6 Å². The van der Waals surface area contributed by atoms with Crippen molar-refractivity contribution >= 4 is 35.6 Å². The van der Waals surface area contributed by atoms with Gasteiger partial charge in [0.05, 0.1) is 6.04 Å². The summed E-state index contributed by atoms with van der Waals surface area (Å²) in [6.45, 7) is 2.90. The Balaban J connectivity index is 0.00000192. The number of rotatable bonds is 4. The Morgan fingerprint density at radius 1 is 1.35 bits per heavy atom. The van der Waals surface area contributed by atoms with E-state index in [0.29, 0.717) is 27.5 Å². The largest absolute Gasteiger partial charge is 0.484 e. The van der Waals surface area contributed by atoms with Crippen LogP contribution in [0.5, 0.6) is 5.75 Å². The third-order valence-corrected chi connectivity index (χ3v) is 3.93. The van der Waals surface area contributed by atoms with Crippen LogP contribution in [0.25, 0.3) is 0 Å². The maximum absolute atomic E-state index is 5.93. The predicted molar refractivity (Wildman–Crippen MR) is 90.6 cm³/mol. The van der Waals surface area contributed by atoms with Crippen molar-refractivity contribution in [2.24, 2.45) is 0 Å². The zero-order chi connectivity index (χ0) is 15.5. The van der Waals surface area contributed by atoms with Gasteiger partial charge in [0.2, 0.25) is 0 Å². The van der Waals surface area contributed by atoms with Crippen molar-refractivity contribution < 1.29 is 9.26 Å². The van der Waals surface area contributed by atoms with Crippen LogP contribution in [0.15, 0.2) is 22.7 Å². The molecule has 9 heteroatoms. The van der Waals surface area contributed by atoms with E-state index >= 15 is 0 Å². The van der Waals surface area contributed by atoms with Crippen molar-refractivity contribution in [2.45, 2.75) is 12.6 Å². The molecular formula is C14H17Cl3N4O2. The van der Waals surface area contributed by atoms with Gasteiger partial charge in [0.1, 0.15) is 5.75 Å². The SMILES string of the molecule is CN1CCNCC1c1noc(COc2cc(Cl)cc(Cl)c2)n1.Cl. The van der Waals surface area contributed by atoms with Crippen LogP contribution in [-0.2, 0) is 6.61 Å². The lowest BCUT2D eigenvalue weighted by Crippen LogP contribution is -2.44. The molecule has 2 aromatic rings. The number of aromatic nitrogens is 2. The molecule has 1 aliphatic rings. The summed E-state index contributed by atoms with van der Waals surface area (Å²) in [5.41, 5.74) is 0. The lowest BCUT2D eigenvalue weighted by molar-refractivity contribution is 0.189. The second-order valence-electron chi connectivity index (χ2n) is 5.14. The lowest BCUT2D eigenvalue weighted by atomic mass is 10.2. The van der Waals surface area contributed by atoms with E-state index in [1.165, 1.54) is 0 Å². The average Bonchev–Trinajstić information content (AvgIpc) is 2.93. The first-order valence-electron chi connectivity index (χ1n) is 6.94. The summed E-state index contributed by atoms with van der Waals surface area (Å²) in [5, 5.41) is 8.39. The first kappa shape index (κ1) is 18.3. The molecule has 1 aromatic carbocycles. The highest BCUT2D eigenvalue weighted by atomic mass is 35.5. The van der Waals surface area contributed by atoms with E-state index < -0.39 is 0 Å². The molecule has 1 atom stereocenters. The zero-order valence-electron chi connectivity index (χ0n) is 12.5. The fourth-order valence-electron chi connectivity index (χ4n) is 2.31. The van der Waals surface area contributed by atoms with Crippen molar-refractivity contribution in [3.63, 3.8) is 0 Å². The number of ether oxygens (including phenoxy) is 1. The highest BCUT2D eigenvalue weighted by Gasteiger charge is 2.25. The molecule has 0 bridgehead atoms. The van der Waals surface area contributed by atoms with Gasteiger partial charge in [0.25, 0.3) is 5.89 Å². The molecule has 0 radical (unpaired) electrons. The quantitative estimate of drug-likeness (QED) is 0.881. The Bertz CT molecular complexity index is 632. The third-order valence-electron chi connectivity index (χ3n) is 3.49. The number of nitrogens with one attached hydrogen (secondary N) is 1.